The quantitative estimate of drug-likeness (QED) is 0.174. The number of esters is 2. The normalized spacial score (nSPS) is 26.1. The lowest BCUT2D eigenvalue weighted by molar-refractivity contribution is -0.208. The van der Waals surface area contributed by atoms with Crippen molar-refractivity contribution in [1.82, 2.24) is 10.6 Å². The predicted molar refractivity (Wildman–Crippen MR) is 185 cm³/mol. The topological polar surface area (TPSA) is 181 Å². The van der Waals surface area contributed by atoms with Gasteiger partial charge in [0.05, 0.1) is 18.3 Å². The van der Waals surface area contributed by atoms with Crippen molar-refractivity contribution in [1.29, 1.82) is 0 Å². The number of phenols is 1. The summed E-state index contributed by atoms with van der Waals surface area (Å²) in [6, 6.07) is 20.4. The number of hydrogen-bond donors (Lipinski definition) is 5. The number of ether oxygens (including phenoxy) is 3. The Morgan fingerprint density at radius 3 is 2.08 bits per heavy atom. The fourth-order valence-corrected chi connectivity index (χ4v) is 8.77. The Kier molecular flexibility index (Phi) is 9.53. The van der Waals surface area contributed by atoms with Gasteiger partial charge in [0.15, 0.2) is 29.8 Å². The highest BCUT2D eigenvalue weighted by Crippen LogP contribution is 2.69. The van der Waals surface area contributed by atoms with Crippen LogP contribution in [-0.2, 0) is 40.5 Å². The lowest BCUT2D eigenvalue weighted by Crippen LogP contribution is -2.70. The first kappa shape index (κ1) is 35.2. The van der Waals surface area contributed by atoms with E-state index in [9.17, 15) is 34.5 Å². The summed E-state index contributed by atoms with van der Waals surface area (Å²) in [5, 5.41) is 37.0. The fraction of sp³-hybridized carbons (Fsp3) is 0.400. The zero-order valence-corrected chi connectivity index (χ0v) is 28.7. The van der Waals surface area contributed by atoms with Gasteiger partial charge in [0.2, 0.25) is 0 Å². The van der Waals surface area contributed by atoms with Gasteiger partial charge in [-0.1, -0.05) is 73.7 Å². The number of aliphatic hydroxyl groups is 2. The van der Waals surface area contributed by atoms with Gasteiger partial charge in [0.1, 0.15) is 11.4 Å². The van der Waals surface area contributed by atoms with Crippen LogP contribution in [0.2, 0.25) is 0 Å². The largest absolute Gasteiger partial charge is 0.504 e. The lowest BCUT2D eigenvalue weighted by Gasteiger charge is -2.62. The Hall–Kier alpha value is -5.20. The van der Waals surface area contributed by atoms with Crippen LogP contribution in [0.3, 0.4) is 0 Å². The van der Waals surface area contributed by atoms with Gasteiger partial charge in [-0.3, -0.25) is 19.2 Å². The van der Waals surface area contributed by atoms with Crippen LogP contribution >= 0.6 is 0 Å². The molecule has 1 spiro atoms. The number of nitrogens with one attached hydrogen (secondary N) is 2. The first-order valence-electron chi connectivity index (χ1n) is 17.7. The maximum Gasteiger partial charge on any atom is 0.312 e. The van der Waals surface area contributed by atoms with Gasteiger partial charge in [0.25, 0.3) is 11.8 Å². The molecule has 1 heterocycles. The predicted octanol–water partition coefficient (Wildman–Crippen LogP) is 3.59. The molecular formula is C40H42N2O10. The third kappa shape index (κ3) is 5.99. The van der Waals surface area contributed by atoms with Crippen LogP contribution in [0.5, 0.6) is 11.5 Å². The van der Waals surface area contributed by atoms with Gasteiger partial charge in [-0.05, 0) is 54.0 Å². The van der Waals surface area contributed by atoms with Gasteiger partial charge < -0.3 is 40.2 Å². The second-order valence-electron chi connectivity index (χ2n) is 14.1. The Morgan fingerprint density at radius 2 is 1.46 bits per heavy atom. The van der Waals surface area contributed by atoms with E-state index >= 15 is 0 Å². The van der Waals surface area contributed by atoms with Crippen LogP contribution in [0.4, 0.5) is 0 Å². The molecular weight excluding hydrogens is 668 g/mol. The molecule has 12 heteroatoms. The number of rotatable bonds is 12. The molecule has 2 bridgehead atoms. The van der Waals surface area contributed by atoms with Crippen LogP contribution in [0.1, 0.15) is 73.5 Å². The number of phenolic OH excluding ortho intramolecular Hbond substituents is 1. The Labute approximate surface area is 300 Å². The Balaban J connectivity index is 1.09. The first-order valence-corrected chi connectivity index (χ1v) is 17.7. The number of benzene rings is 3. The van der Waals surface area contributed by atoms with Crippen LogP contribution in [0.15, 0.2) is 84.6 Å². The minimum absolute atomic E-state index is 0.0506. The number of hydrogen-bond acceptors (Lipinski definition) is 10. The van der Waals surface area contributed by atoms with Crippen LogP contribution in [0.25, 0.3) is 0 Å². The second kappa shape index (κ2) is 14.1. The highest BCUT2D eigenvalue weighted by Gasteiger charge is 2.74. The average Bonchev–Trinajstić information content (AvgIpc) is 3.51. The lowest BCUT2D eigenvalue weighted by atomic mass is 9.44. The highest BCUT2D eigenvalue weighted by atomic mass is 16.6. The third-order valence-electron chi connectivity index (χ3n) is 11.2. The Bertz CT molecular complexity index is 1900. The van der Waals surface area contributed by atoms with E-state index in [-0.39, 0.29) is 61.4 Å². The molecule has 5 N–H and O–H groups in total. The highest BCUT2D eigenvalue weighted by molar-refractivity contribution is 5.83. The molecule has 1 aliphatic heterocycles. The monoisotopic (exact) mass is 710 g/mol. The molecule has 272 valence electrons. The Morgan fingerprint density at radius 1 is 0.865 bits per heavy atom. The molecule has 0 aromatic heterocycles. The van der Waals surface area contributed by atoms with Crippen LogP contribution in [0, 0.1) is 11.8 Å². The molecule has 1 fully saturated rings. The van der Waals surface area contributed by atoms with Crippen molar-refractivity contribution in [2.45, 2.75) is 74.8 Å². The van der Waals surface area contributed by atoms with E-state index < -0.39 is 53.1 Å². The number of aromatic hydroxyl groups is 1. The first-order chi connectivity index (χ1) is 25.1. The summed E-state index contributed by atoms with van der Waals surface area (Å²) in [5.41, 5.74) is 0.546. The van der Waals surface area contributed by atoms with Crippen molar-refractivity contribution in [3.63, 3.8) is 0 Å². The summed E-state index contributed by atoms with van der Waals surface area (Å²) in [5.74, 6) is -1.93. The van der Waals surface area contributed by atoms with E-state index in [2.05, 4.69) is 17.6 Å². The van der Waals surface area contributed by atoms with Crippen molar-refractivity contribution < 1.29 is 48.7 Å². The molecule has 3 aliphatic carbocycles. The number of carbonyl (C=O) groups excluding carboxylic acids is 4. The van der Waals surface area contributed by atoms with Crippen molar-refractivity contribution in [2.75, 3.05) is 13.1 Å². The maximum absolute atomic E-state index is 13.7. The molecule has 3 aromatic rings. The summed E-state index contributed by atoms with van der Waals surface area (Å²) in [6.45, 7) is 2.01. The van der Waals surface area contributed by atoms with Gasteiger partial charge in [-0.15, -0.1) is 0 Å². The van der Waals surface area contributed by atoms with E-state index in [0.717, 1.165) is 17.5 Å². The van der Waals surface area contributed by atoms with Crippen molar-refractivity contribution in [3.05, 3.63) is 107 Å². The summed E-state index contributed by atoms with van der Waals surface area (Å²) < 4.78 is 19.0. The molecule has 4 aliphatic rings. The van der Waals surface area contributed by atoms with Crippen molar-refractivity contribution in [2.24, 2.45) is 11.8 Å². The van der Waals surface area contributed by atoms with E-state index in [1.165, 1.54) is 0 Å². The summed E-state index contributed by atoms with van der Waals surface area (Å²) in [6.07, 6.45) is -0.118. The molecule has 3 aromatic carbocycles. The van der Waals surface area contributed by atoms with Gasteiger partial charge >= 0.3 is 11.9 Å². The molecule has 2 amide bonds. The molecule has 0 radical (unpaired) electrons. The molecule has 0 saturated heterocycles. The molecule has 7 atom stereocenters. The zero-order chi connectivity index (χ0) is 36.6. The van der Waals surface area contributed by atoms with E-state index in [4.69, 9.17) is 14.2 Å². The molecule has 1 saturated carbocycles. The minimum Gasteiger partial charge on any atom is -0.504 e. The van der Waals surface area contributed by atoms with E-state index in [1.807, 2.05) is 6.07 Å². The maximum atomic E-state index is 13.7. The molecule has 12 nitrogen and oxygen atoms in total. The smallest absolute Gasteiger partial charge is 0.312 e. The van der Waals surface area contributed by atoms with E-state index in [1.54, 1.807) is 72.8 Å². The number of carbonyl (C=O) groups is 4. The summed E-state index contributed by atoms with van der Waals surface area (Å²) in [7, 11) is 0. The van der Waals surface area contributed by atoms with Crippen molar-refractivity contribution >= 4 is 23.8 Å². The average molecular weight is 711 g/mol. The third-order valence-corrected chi connectivity index (χ3v) is 11.2. The van der Waals surface area contributed by atoms with Crippen molar-refractivity contribution in [3.8, 4) is 11.5 Å². The molecule has 2 unspecified atom stereocenters. The summed E-state index contributed by atoms with van der Waals surface area (Å²) in [4.78, 5) is 52.1. The second-order valence-corrected chi connectivity index (χ2v) is 14.1. The number of amides is 2. The van der Waals surface area contributed by atoms with Gasteiger partial charge in [-0.2, -0.15) is 0 Å². The van der Waals surface area contributed by atoms with Gasteiger partial charge in [0, 0.05) is 31.0 Å². The fourth-order valence-electron chi connectivity index (χ4n) is 8.77. The van der Waals surface area contributed by atoms with Gasteiger partial charge in [-0.25, -0.2) is 0 Å². The van der Waals surface area contributed by atoms with E-state index in [0.29, 0.717) is 24.0 Å². The zero-order valence-electron chi connectivity index (χ0n) is 28.7. The van der Waals surface area contributed by atoms with Crippen LogP contribution in [-0.4, -0.2) is 63.9 Å². The standard InChI is InChI=1S/C40H42N2O10/c1-23-14-18-39-32-26-12-13-28(43)35(32)51-36(39)29(50-30(44)16-20-41-37(48)33(46)24-8-4-2-5-9-24)15-19-40(39,27(23)22-26)52-31(45)17-21-42-38(49)34(47)25-10-6-3-7-11-25/h2-13,15,23,27,33-34,36,43,46-47H,14,16-22H2,1H3,(H,41,48)(H,42,49)/t23?,27-,33-,34-,36-,39?,40+/m0/s1. The molecule has 52 heavy (non-hydrogen) atoms. The number of aliphatic hydroxyl groups excluding tert-OH is 2. The minimum atomic E-state index is -1.38. The molecule has 7 rings (SSSR count). The summed E-state index contributed by atoms with van der Waals surface area (Å²) >= 11 is 0. The van der Waals surface area contributed by atoms with Crippen LogP contribution < -0.4 is 15.4 Å². The SMILES string of the molecule is CC1CCC23c4c5ccc(O)c4O[C@H]2C(OC(=O)CCNC(=O)[C@@H](O)c2ccccc2)=CC[C@@]3(OC(=O)CCNC(=O)[C@@H](O)c2ccccc2)[C@H]1C5.